The molecule has 7 heteroatoms. The number of methoxy groups -OCH3 is 1. The molecule has 0 unspecified atom stereocenters. The maximum Gasteiger partial charge on any atom is 0.341 e. The van der Waals surface area contributed by atoms with Gasteiger partial charge < -0.3 is 10.1 Å². The SMILES string of the molecule is COC(=O)c1c(NC(=O)CCCSc2ccc(Cl)cc2)sc(C)c1C. The zero-order chi connectivity index (χ0) is 18.4. The van der Waals surface area contributed by atoms with Crippen LogP contribution in [0.15, 0.2) is 29.2 Å². The molecule has 1 aromatic carbocycles. The number of thiophene rings is 1. The van der Waals surface area contributed by atoms with Crippen molar-refractivity contribution in [3.8, 4) is 0 Å². The van der Waals surface area contributed by atoms with Crippen LogP contribution in [0, 0.1) is 13.8 Å². The van der Waals surface area contributed by atoms with Gasteiger partial charge in [-0.3, -0.25) is 4.79 Å². The summed E-state index contributed by atoms with van der Waals surface area (Å²) < 4.78 is 4.81. The van der Waals surface area contributed by atoms with Gasteiger partial charge in [-0.05, 0) is 55.9 Å². The molecule has 0 aliphatic heterocycles. The Morgan fingerprint density at radius 1 is 1.24 bits per heavy atom. The van der Waals surface area contributed by atoms with Crippen LogP contribution in [-0.4, -0.2) is 24.7 Å². The molecular formula is C18H20ClNO3S2. The number of thioether (sulfide) groups is 1. The summed E-state index contributed by atoms with van der Waals surface area (Å²) in [6.07, 6.45) is 1.15. The molecule has 1 heterocycles. The van der Waals surface area contributed by atoms with Gasteiger partial charge in [0.2, 0.25) is 5.91 Å². The minimum atomic E-state index is -0.421. The lowest BCUT2D eigenvalue weighted by Gasteiger charge is -2.06. The lowest BCUT2D eigenvalue weighted by atomic mass is 10.1. The zero-order valence-corrected chi connectivity index (χ0v) is 16.7. The number of halogens is 1. The number of carbonyl (C=O) groups is 2. The summed E-state index contributed by atoms with van der Waals surface area (Å²) in [6.45, 7) is 3.78. The van der Waals surface area contributed by atoms with Gasteiger partial charge in [0.1, 0.15) is 5.00 Å². The first-order chi connectivity index (χ1) is 11.9. The van der Waals surface area contributed by atoms with Gasteiger partial charge in [-0.25, -0.2) is 4.79 Å². The average Bonchev–Trinajstić information content (AvgIpc) is 2.86. The van der Waals surface area contributed by atoms with E-state index in [-0.39, 0.29) is 5.91 Å². The highest BCUT2D eigenvalue weighted by Crippen LogP contribution is 2.33. The van der Waals surface area contributed by atoms with Crippen molar-refractivity contribution in [3.63, 3.8) is 0 Å². The molecule has 0 radical (unpaired) electrons. The van der Waals surface area contributed by atoms with Gasteiger partial charge in [0.05, 0.1) is 12.7 Å². The largest absolute Gasteiger partial charge is 0.465 e. The third-order valence-corrected chi connectivity index (χ3v) is 6.13. The summed E-state index contributed by atoms with van der Waals surface area (Å²) in [4.78, 5) is 26.2. The number of ether oxygens (including phenoxy) is 1. The number of anilines is 1. The molecule has 1 amide bonds. The first-order valence-corrected chi connectivity index (χ1v) is 9.97. The molecule has 0 bridgehead atoms. The highest BCUT2D eigenvalue weighted by atomic mass is 35.5. The molecule has 0 aliphatic carbocycles. The van der Waals surface area contributed by atoms with E-state index in [0.717, 1.165) is 27.5 Å². The first-order valence-electron chi connectivity index (χ1n) is 7.79. The van der Waals surface area contributed by atoms with Crippen molar-refractivity contribution in [2.45, 2.75) is 31.6 Å². The monoisotopic (exact) mass is 397 g/mol. The van der Waals surface area contributed by atoms with E-state index >= 15 is 0 Å². The number of rotatable bonds is 7. The predicted molar refractivity (Wildman–Crippen MR) is 105 cm³/mol. The number of esters is 1. The lowest BCUT2D eigenvalue weighted by molar-refractivity contribution is -0.116. The molecule has 25 heavy (non-hydrogen) atoms. The summed E-state index contributed by atoms with van der Waals surface area (Å²) in [7, 11) is 1.34. The molecule has 4 nitrogen and oxygen atoms in total. The van der Waals surface area contributed by atoms with E-state index < -0.39 is 5.97 Å². The smallest absolute Gasteiger partial charge is 0.341 e. The summed E-state index contributed by atoms with van der Waals surface area (Å²) in [5, 5.41) is 4.13. The molecule has 0 saturated heterocycles. The molecule has 2 aromatic rings. The first kappa shape index (κ1) is 19.8. The van der Waals surface area contributed by atoms with Crippen molar-refractivity contribution in [1.29, 1.82) is 0 Å². The van der Waals surface area contributed by atoms with E-state index in [1.807, 2.05) is 38.1 Å². The summed E-state index contributed by atoms with van der Waals surface area (Å²) >= 11 is 8.94. The van der Waals surface area contributed by atoms with Gasteiger partial charge in [0.15, 0.2) is 0 Å². The molecule has 134 valence electrons. The third kappa shape index (κ3) is 5.49. The van der Waals surface area contributed by atoms with Gasteiger partial charge in [0, 0.05) is 21.2 Å². The molecule has 0 saturated carbocycles. The maximum atomic E-state index is 12.2. The van der Waals surface area contributed by atoms with Crippen molar-refractivity contribution in [2.75, 3.05) is 18.2 Å². The van der Waals surface area contributed by atoms with Crippen molar-refractivity contribution in [2.24, 2.45) is 0 Å². The second kappa shape index (κ2) is 9.27. The van der Waals surface area contributed by atoms with Crippen molar-refractivity contribution < 1.29 is 14.3 Å². The minimum absolute atomic E-state index is 0.0943. The molecule has 0 atom stereocenters. The zero-order valence-electron chi connectivity index (χ0n) is 14.3. The van der Waals surface area contributed by atoms with Gasteiger partial charge in [0.25, 0.3) is 0 Å². The summed E-state index contributed by atoms with van der Waals surface area (Å²) in [6, 6.07) is 7.64. The number of carbonyl (C=O) groups excluding carboxylic acids is 2. The Morgan fingerprint density at radius 2 is 1.92 bits per heavy atom. The Bertz CT molecular complexity index is 756. The Labute approximate surface area is 160 Å². The molecule has 0 aliphatic rings. The second-order valence-corrected chi connectivity index (χ2v) is 8.26. The Kier molecular flexibility index (Phi) is 7.35. The van der Waals surface area contributed by atoms with Crippen LogP contribution in [0.1, 0.15) is 33.6 Å². The Balaban J connectivity index is 1.85. The number of benzene rings is 1. The van der Waals surface area contributed by atoms with E-state index in [1.54, 1.807) is 11.8 Å². The van der Waals surface area contributed by atoms with Crippen molar-refractivity contribution >= 4 is 51.6 Å². The normalized spacial score (nSPS) is 10.6. The lowest BCUT2D eigenvalue weighted by Crippen LogP contribution is -2.14. The number of amides is 1. The number of hydrogen-bond acceptors (Lipinski definition) is 5. The topological polar surface area (TPSA) is 55.4 Å². The Morgan fingerprint density at radius 3 is 2.56 bits per heavy atom. The number of aryl methyl sites for hydroxylation is 1. The predicted octanol–water partition coefficient (Wildman–Crippen LogP) is 5.32. The molecule has 0 fully saturated rings. The van der Waals surface area contributed by atoms with Crippen molar-refractivity contribution in [3.05, 3.63) is 45.3 Å². The van der Waals surface area contributed by atoms with E-state index in [4.69, 9.17) is 16.3 Å². The molecular weight excluding hydrogens is 378 g/mol. The van der Waals surface area contributed by atoms with Crippen LogP contribution < -0.4 is 5.32 Å². The molecule has 2 rings (SSSR count). The number of hydrogen-bond donors (Lipinski definition) is 1. The van der Waals surface area contributed by atoms with Gasteiger partial charge >= 0.3 is 5.97 Å². The van der Waals surface area contributed by atoms with Crippen LogP contribution in [-0.2, 0) is 9.53 Å². The Hall–Kier alpha value is -1.50. The van der Waals surface area contributed by atoms with Crippen LogP contribution in [0.5, 0.6) is 0 Å². The van der Waals surface area contributed by atoms with Crippen LogP contribution in [0.25, 0.3) is 0 Å². The van der Waals surface area contributed by atoms with Gasteiger partial charge in [-0.2, -0.15) is 0 Å². The standard InChI is InChI=1S/C18H20ClNO3S2/c1-11-12(2)25-17(16(11)18(22)23-3)20-15(21)5-4-10-24-14-8-6-13(19)7-9-14/h6-9H,4-5,10H2,1-3H3,(H,20,21). The van der Waals surface area contributed by atoms with E-state index in [1.165, 1.54) is 18.4 Å². The van der Waals surface area contributed by atoms with Crippen LogP contribution in [0.3, 0.4) is 0 Å². The second-order valence-electron chi connectivity index (χ2n) is 5.43. The fourth-order valence-electron chi connectivity index (χ4n) is 2.21. The highest BCUT2D eigenvalue weighted by molar-refractivity contribution is 7.99. The quantitative estimate of drug-likeness (QED) is 0.390. The fourth-order valence-corrected chi connectivity index (χ4v) is 4.25. The fraction of sp³-hybridized carbons (Fsp3) is 0.333. The van der Waals surface area contributed by atoms with Crippen molar-refractivity contribution in [1.82, 2.24) is 0 Å². The summed E-state index contributed by atoms with van der Waals surface area (Å²) in [5.41, 5.74) is 1.30. The summed E-state index contributed by atoms with van der Waals surface area (Å²) in [5.74, 6) is 0.320. The van der Waals surface area contributed by atoms with E-state index in [2.05, 4.69) is 5.32 Å². The third-order valence-electron chi connectivity index (χ3n) is 3.66. The molecule has 0 spiro atoms. The molecule has 1 N–H and O–H groups in total. The average molecular weight is 398 g/mol. The van der Waals surface area contributed by atoms with Gasteiger partial charge in [-0.1, -0.05) is 11.6 Å². The van der Waals surface area contributed by atoms with Gasteiger partial charge in [-0.15, -0.1) is 23.1 Å². The highest BCUT2D eigenvalue weighted by Gasteiger charge is 2.21. The maximum absolute atomic E-state index is 12.2. The number of nitrogens with one attached hydrogen (secondary N) is 1. The van der Waals surface area contributed by atoms with Crippen LogP contribution in [0.4, 0.5) is 5.00 Å². The van der Waals surface area contributed by atoms with Crippen LogP contribution in [0.2, 0.25) is 5.02 Å². The van der Waals surface area contributed by atoms with Crippen LogP contribution >= 0.6 is 34.7 Å². The van der Waals surface area contributed by atoms with E-state index in [9.17, 15) is 9.59 Å². The van der Waals surface area contributed by atoms with E-state index in [0.29, 0.717) is 22.0 Å². The molecule has 1 aromatic heterocycles. The minimum Gasteiger partial charge on any atom is -0.465 e.